The van der Waals surface area contributed by atoms with Crippen molar-refractivity contribution < 1.29 is 4.79 Å². The second kappa shape index (κ2) is 5.01. The van der Waals surface area contributed by atoms with Crippen molar-refractivity contribution in [2.45, 2.75) is 39.2 Å². The third-order valence-corrected chi connectivity index (χ3v) is 2.53. The average Bonchev–Trinajstić information content (AvgIpc) is 2.17. The van der Waals surface area contributed by atoms with E-state index in [4.69, 9.17) is 5.73 Å². The molecule has 0 unspecified atom stereocenters. The molecule has 1 aromatic carbocycles. The van der Waals surface area contributed by atoms with Crippen molar-refractivity contribution in [1.29, 1.82) is 0 Å². The Hall–Kier alpha value is -1.51. The lowest BCUT2D eigenvalue weighted by Gasteiger charge is -2.27. The molecule has 1 aromatic rings. The van der Waals surface area contributed by atoms with Crippen molar-refractivity contribution in [3.8, 4) is 0 Å². The van der Waals surface area contributed by atoms with E-state index in [9.17, 15) is 4.79 Å². The molecule has 0 radical (unpaired) electrons. The zero-order chi connectivity index (χ0) is 12.2. The number of carbonyl (C=O) groups excluding carboxylic acids is 1. The minimum absolute atomic E-state index is 0.0724. The molecule has 0 aliphatic rings. The van der Waals surface area contributed by atoms with Gasteiger partial charge in [-0.05, 0) is 44.5 Å². The lowest BCUT2D eigenvalue weighted by Crippen LogP contribution is -2.30. The predicted octanol–water partition coefficient (Wildman–Crippen LogP) is 2.78. The Morgan fingerprint density at radius 2 is 1.88 bits per heavy atom. The lowest BCUT2D eigenvalue weighted by atomic mass is 9.98. The van der Waals surface area contributed by atoms with Crippen molar-refractivity contribution >= 4 is 11.6 Å². The third-order valence-electron chi connectivity index (χ3n) is 2.53. The molecule has 1 amide bonds. The van der Waals surface area contributed by atoms with E-state index in [0.717, 1.165) is 18.5 Å². The fraction of sp³-hybridized carbons (Fsp3) is 0.462. The Bertz CT molecular complexity index is 355. The number of amides is 1. The van der Waals surface area contributed by atoms with E-state index >= 15 is 0 Å². The van der Waals surface area contributed by atoms with Crippen LogP contribution in [0.15, 0.2) is 24.3 Å². The molecule has 0 fully saturated rings. The molecule has 3 N–H and O–H groups in total. The van der Waals surface area contributed by atoms with Gasteiger partial charge in [-0.25, -0.2) is 0 Å². The number of rotatable bonds is 5. The first-order valence-electron chi connectivity index (χ1n) is 5.62. The largest absolute Gasteiger partial charge is 0.380 e. The first-order chi connectivity index (χ1) is 7.44. The molecule has 0 aliphatic heterocycles. The summed E-state index contributed by atoms with van der Waals surface area (Å²) in [6.07, 6.45) is 2.24. The first kappa shape index (κ1) is 12.6. The average molecular weight is 220 g/mol. The van der Waals surface area contributed by atoms with Gasteiger partial charge in [-0.1, -0.05) is 13.3 Å². The number of nitrogens with one attached hydrogen (secondary N) is 1. The molecule has 88 valence electrons. The van der Waals surface area contributed by atoms with Gasteiger partial charge in [0.15, 0.2) is 0 Å². The summed E-state index contributed by atoms with van der Waals surface area (Å²) in [7, 11) is 0. The van der Waals surface area contributed by atoms with Crippen molar-refractivity contribution in [2.24, 2.45) is 5.73 Å². The predicted molar refractivity (Wildman–Crippen MR) is 67.6 cm³/mol. The number of nitrogens with two attached hydrogens (primary N) is 1. The maximum Gasteiger partial charge on any atom is 0.248 e. The lowest BCUT2D eigenvalue weighted by molar-refractivity contribution is 0.100. The van der Waals surface area contributed by atoms with Crippen LogP contribution in [-0.4, -0.2) is 11.4 Å². The Balaban J connectivity index is 2.72. The van der Waals surface area contributed by atoms with E-state index in [1.54, 1.807) is 12.1 Å². The number of hydrogen-bond donors (Lipinski definition) is 2. The van der Waals surface area contributed by atoms with Crippen molar-refractivity contribution in [1.82, 2.24) is 0 Å². The molecule has 3 nitrogen and oxygen atoms in total. The van der Waals surface area contributed by atoms with Crippen LogP contribution in [-0.2, 0) is 0 Å². The summed E-state index contributed by atoms with van der Waals surface area (Å²) in [5.41, 5.74) is 6.81. The Kier molecular flexibility index (Phi) is 3.93. The summed E-state index contributed by atoms with van der Waals surface area (Å²) in [6, 6.07) is 7.26. The topological polar surface area (TPSA) is 55.1 Å². The summed E-state index contributed by atoms with van der Waals surface area (Å²) >= 11 is 0. The fourth-order valence-corrected chi connectivity index (χ4v) is 1.80. The van der Waals surface area contributed by atoms with Gasteiger partial charge in [-0.3, -0.25) is 4.79 Å². The van der Waals surface area contributed by atoms with Gasteiger partial charge in [0.2, 0.25) is 5.91 Å². The summed E-state index contributed by atoms with van der Waals surface area (Å²) < 4.78 is 0. The molecule has 0 spiro atoms. The Labute approximate surface area is 97.0 Å². The van der Waals surface area contributed by atoms with E-state index in [2.05, 4.69) is 26.1 Å². The van der Waals surface area contributed by atoms with Gasteiger partial charge in [0.05, 0.1) is 0 Å². The van der Waals surface area contributed by atoms with Gasteiger partial charge < -0.3 is 11.1 Å². The van der Waals surface area contributed by atoms with Crippen molar-refractivity contribution in [2.75, 3.05) is 5.32 Å². The maximum absolute atomic E-state index is 10.9. The molecule has 1 rings (SSSR count). The minimum atomic E-state index is -0.389. The van der Waals surface area contributed by atoms with Gasteiger partial charge in [0.1, 0.15) is 0 Å². The monoisotopic (exact) mass is 220 g/mol. The fourth-order valence-electron chi connectivity index (χ4n) is 1.80. The highest BCUT2D eigenvalue weighted by atomic mass is 16.1. The van der Waals surface area contributed by atoms with Crippen LogP contribution >= 0.6 is 0 Å². The van der Waals surface area contributed by atoms with Crippen LogP contribution in [0.3, 0.4) is 0 Å². The number of benzene rings is 1. The van der Waals surface area contributed by atoms with Gasteiger partial charge in [0, 0.05) is 16.8 Å². The molecule has 0 saturated carbocycles. The Morgan fingerprint density at radius 3 is 2.31 bits per heavy atom. The second-order valence-electron chi connectivity index (χ2n) is 4.70. The summed E-state index contributed by atoms with van der Waals surface area (Å²) in [4.78, 5) is 10.9. The van der Waals surface area contributed by atoms with Crippen LogP contribution in [0.5, 0.6) is 0 Å². The van der Waals surface area contributed by atoms with Crippen LogP contribution in [0.4, 0.5) is 5.69 Å². The van der Waals surface area contributed by atoms with Gasteiger partial charge >= 0.3 is 0 Å². The molecule has 0 aromatic heterocycles. The van der Waals surface area contributed by atoms with E-state index in [1.807, 2.05) is 12.1 Å². The zero-order valence-electron chi connectivity index (χ0n) is 10.2. The molecular weight excluding hydrogens is 200 g/mol. The van der Waals surface area contributed by atoms with E-state index in [1.165, 1.54) is 0 Å². The molecule has 3 heteroatoms. The van der Waals surface area contributed by atoms with Crippen LogP contribution in [0.2, 0.25) is 0 Å². The molecule has 16 heavy (non-hydrogen) atoms. The van der Waals surface area contributed by atoms with Gasteiger partial charge in [-0.2, -0.15) is 0 Å². The smallest absolute Gasteiger partial charge is 0.248 e. The number of carbonyl (C=O) groups is 1. The maximum atomic E-state index is 10.9. The standard InChI is InChI=1S/C13H20N2O/c1-4-9-13(2,3)15-11-7-5-10(6-8-11)12(14)16/h5-8,15H,4,9H2,1-3H3,(H2,14,16). The first-order valence-corrected chi connectivity index (χ1v) is 5.62. The molecule has 0 atom stereocenters. The molecule has 0 saturated heterocycles. The third kappa shape index (κ3) is 3.57. The highest BCUT2D eigenvalue weighted by molar-refractivity contribution is 5.93. The second-order valence-corrected chi connectivity index (χ2v) is 4.70. The number of primary amides is 1. The number of anilines is 1. The summed E-state index contributed by atoms with van der Waals surface area (Å²) in [6.45, 7) is 6.50. The van der Waals surface area contributed by atoms with Crippen LogP contribution < -0.4 is 11.1 Å². The minimum Gasteiger partial charge on any atom is -0.380 e. The SMILES string of the molecule is CCCC(C)(C)Nc1ccc(C(N)=O)cc1. The van der Waals surface area contributed by atoms with Crippen LogP contribution in [0.1, 0.15) is 44.0 Å². The van der Waals surface area contributed by atoms with Gasteiger partial charge in [0.25, 0.3) is 0 Å². The van der Waals surface area contributed by atoms with E-state index < -0.39 is 0 Å². The van der Waals surface area contributed by atoms with Gasteiger partial charge in [-0.15, -0.1) is 0 Å². The van der Waals surface area contributed by atoms with Crippen molar-refractivity contribution in [3.63, 3.8) is 0 Å². The summed E-state index contributed by atoms with van der Waals surface area (Å²) in [5, 5.41) is 3.43. The molecular formula is C13H20N2O. The van der Waals surface area contributed by atoms with Crippen LogP contribution in [0, 0.1) is 0 Å². The van der Waals surface area contributed by atoms with E-state index in [0.29, 0.717) is 5.56 Å². The highest BCUT2D eigenvalue weighted by Crippen LogP contribution is 2.19. The number of hydrogen-bond acceptors (Lipinski definition) is 2. The molecule has 0 heterocycles. The van der Waals surface area contributed by atoms with Crippen LogP contribution in [0.25, 0.3) is 0 Å². The Morgan fingerprint density at radius 1 is 1.31 bits per heavy atom. The molecule has 0 bridgehead atoms. The van der Waals surface area contributed by atoms with E-state index in [-0.39, 0.29) is 11.4 Å². The normalized spacial score (nSPS) is 11.2. The zero-order valence-corrected chi connectivity index (χ0v) is 10.2. The highest BCUT2D eigenvalue weighted by Gasteiger charge is 2.15. The summed E-state index contributed by atoms with van der Waals surface area (Å²) in [5.74, 6) is -0.389. The molecule has 0 aliphatic carbocycles. The van der Waals surface area contributed by atoms with Crippen molar-refractivity contribution in [3.05, 3.63) is 29.8 Å². The quantitative estimate of drug-likeness (QED) is 0.801.